The second kappa shape index (κ2) is 7.46. The Bertz CT molecular complexity index is 464. The first-order valence-electron chi connectivity index (χ1n) is 7.51. The van der Waals surface area contributed by atoms with Crippen LogP contribution in [0.1, 0.15) is 51.4 Å². The van der Waals surface area contributed by atoms with Crippen molar-refractivity contribution in [2.45, 2.75) is 53.2 Å². The molecule has 0 aromatic heterocycles. The van der Waals surface area contributed by atoms with Crippen LogP contribution in [0.4, 0.5) is 0 Å². The number of hydrogen-bond donors (Lipinski definition) is 2. The van der Waals surface area contributed by atoms with Crippen LogP contribution in [0.25, 0.3) is 0 Å². The van der Waals surface area contributed by atoms with E-state index in [2.05, 4.69) is 26.1 Å². The summed E-state index contributed by atoms with van der Waals surface area (Å²) in [6, 6.07) is 7.31. The Morgan fingerprint density at radius 3 is 2.52 bits per heavy atom. The Labute approximate surface area is 128 Å². The first-order valence-corrected chi connectivity index (χ1v) is 7.51. The van der Waals surface area contributed by atoms with Gasteiger partial charge in [0.2, 0.25) is 0 Å². The van der Waals surface area contributed by atoms with Crippen molar-refractivity contribution in [2.75, 3.05) is 6.54 Å². The van der Waals surface area contributed by atoms with E-state index in [4.69, 9.17) is 10.5 Å². The Morgan fingerprint density at radius 2 is 2.00 bits per heavy atom. The van der Waals surface area contributed by atoms with Gasteiger partial charge in [-0.1, -0.05) is 26.8 Å². The average molecular weight is 292 g/mol. The van der Waals surface area contributed by atoms with E-state index in [0.29, 0.717) is 17.9 Å². The number of ether oxygens (including phenoxy) is 1. The van der Waals surface area contributed by atoms with Crippen LogP contribution < -0.4 is 15.8 Å². The van der Waals surface area contributed by atoms with Crippen molar-refractivity contribution in [3.63, 3.8) is 0 Å². The monoisotopic (exact) mass is 292 g/mol. The molecule has 1 amide bonds. The van der Waals surface area contributed by atoms with Crippen molar-refractivity contribution in [1.82, 2.24) is 5.32 Å². The quantitative estimate of drug-likeness (QED) is 0.847. The minimum atomic E-state index is -0.0856. The molecule has 0 radical (unpaired) electrons. The third-order valence-corrected chi connectivity index (χ3v) is 3.27. The molecule has 1 unspecified atom stereocenters. The highest BCUT2D eigenvalue weighted by molar-refractivity contribution is 5.94. The van der Waals surface area contributed by atoms with E-state index in [-0.39, 0.29) is 23.5 Å². The lowest BCUT2D eigenvalue weighted by atomic mass is 9.84. The molecule has 0 bridgehead atoms. The Hall–Kier alpha value is -1.55. The molecular formula is C17H28N2O2. The Morgan fingerprint density at radius 1 is 1.33 bits per heavy atom. The molecule has 0 fully saturated rings. The number of hydrogen-bond acceptors (Lipinski definition) is 3. The van der Waals surface area contributed by atoms with Gasteiger partial charge in [-0.05, 0) is 50.4 Å². The van der Waals surface area contributed by atoms with Crippen LogP contribution in [-0.4, -0.2) is 24.6 Å². The number of benzene rings is 1. The zero-order valence-electron chi connectivity index (χ0n) is 13.8. The van der Waals surface area contributed by atoms with Gasteiger partial charge in [-0.2, -0.15) is 0 Å². The number of rotatable bonds is 6. The van der Waals surface area contributed by atoms with Crippen LogP contribution in [0.15, 0.2) is 24.3 Å². The summed E-state index contributed by atoms with van der Waals surface area (Å²) in [7, 11) is 0. The van der Waals surface area contributed by atoms with E-state index >= 15 is 0 Å². The molecule has 1 rings (SSSR count). The molecule has 1 atom stereocenters. The lowest BCUT2D eigenvalue weighted by molar-refractivity contribution is 0.0898. The van der Waals surface area contributed by atoms with Crippen molar-refractivity contribution in [1.29, 1.82) is 0 Å². The summed E-state index contributed by atoms with van der Waals surface area (Å²) in [4.78, 5) is 12.4. The molecule has 1 aromatic rings. The van der Waals surface area contributed by atoms with E-state index in [1.807, 2.05) is 26.0 Å². The Balaban J connectivity index is 2.82. The molecule has 1 aromatic carbocycles. The molecule has 3 N–H and O–H groups in total. The fraction of sp³-hybridized carbons (Fsp3) is 0.588. The van der Waals surface area contributed by atoms with Crippen LogP contribution in [0.2, 0.25) is 0 Å². The number of amides is 1. The molecule has 0 aliphatic rings. The standard InChI is InChI=1S/C17H28N2O2/c1-12(2)21-14-8-6-7-13(11-14)16(20)19-15(9-10-18)17(3,4)5/h6-8,11-12,15H,9-10,18H2,1-5H3,(H,19,20). The predicted octanol–water partition coefficient (Wildman–Crippen LogP) is 2.97. The van der Waals surface area contributed by atoms with Gasteiger partial charge < -0.3 is 15.8 Å². The maximum Gasteiger partial charge on any atom is 0.251 e. The summed E-state index contributed by atoms with van der Waals surface area (Å²) in [6.07, 6.45) is 0.847. The SMILES string of the molecule is CC(C)Oc1cccc(C(=O)NC(CCN)C(C)(C)C)c1. The van der Waals surface area contributed by atoms with E-state index in [0.717, 1.165) is 6.42 Å². The molecule has 4 nitrogen and oxygen atoms in total. The maximum absolute atomic E-state index is 12.4. The lowest BCUT2D eigenvalue weighted by Gasteiger charge is -2.31. The average Bonchev–Trinajstić information content (AvgIpc) is 2.36. The van der Waals surface area contributed by atoms with Crippen LogP contribution in [-0.2, 0) is 0 Å². The maximum atomic E-state index is 12.4. The number of carbonyl (C=O) groups excluding carboxylic acids is 1. The third kappa shape index (κ3) is 5.76. The topological polar surface area (TPSA) is 64.3 Å². The van der Waals surface area contributed by atoms with Crippen molar-refractivity contribution in [3.05, 3.63) is 29.8 Å². The molecule has 0 spiro atoms. The summed E-state index contributed by atoms with van der Waals surface area (Å²) in [5.41, 5.74) is 6.23. The molecule has 0 saturated heterocycles. The van der Waals surface area contributed by atoms with E-state index < -0.39 is 0 Å². The van der Waals surface area contributed by atoms with Crippen LogP contribution in [0.3, 0.4) is 0 Å². The summed E-state index contributed by atoms with van der Waals surface area (Å²) in [6.45, 7) is 10.8. The van der Waals surface area contributed by atoms with Gasteiger partial charge in [-0.3, -0.25) is 4.79 Å². The highest BCUT2D eigenvalue weighted by Crippen LogP contribution is 2.22. The third-order valence-electron chi connectivity index (χ3n) is 3.27. The normalized spacial score (nSPS) is 13.1. The number of nitrogens with one attached hydrogen (secondary N) is 1. The predicted molar refractivity (Wildman–Crippen MR) is 86.6 cm³/mol. The molecule has 0 heterocycles. The van der Waals surface area contributed by atoms with Crippen LogP contribution >= 0.6 is 0 Å². The molecule has 0 aliphatic heterocycles. The molecule has 4 heteroatoms. The highest BCUT2D eigenvalue weighted by Gasteiger charge is 2.25. The molecule has 0 saturated carbocycles. The fourth-order valence-corrected chi connectivity index (χ4v) is 2.11. The van der Waals surface area contributed by atoms with Gasteiger partial charge in [-0.15, -0.1) is 0 Å². The summed E-state index contributed by atoms with van der Waals surface area (Å²) < 4.78 is 5.62. The van der Waals surface area contributed by atoms with Gasteiger partial charge in [0.15, 0.2) is 0 Å². The minimum absolute atomic E-state index is 0.0267. The van der Waals surface area contributed by atoms with Gasteiger partial charge >= 0.3 is 0 Å². The van der Waals surface area contributed by atoms with Crippen LogP contribution in [0, 0.1) is 5.41 Å². The van der Waals surface area contributed by atoms with Gasteiger partial charge in [0.05, 0.1) is 6.10 Å². The smallest absolute Gasteiger partial charge is 0.251 e. The lowest BCUT2D eigenvalue weighted by Crippen LogP contribution is -2.44. The number of nitrogens with two attached hydrogens (primary N) is 1. The first kappa shape index (κ1) is 17.5. The zero-order valence-corrected chi connectivity index (χ0v) is 13.8. The second-order valence-electron chi connectivity index (χ2n) is 6.66. The fourth-order valence-electron chi connectivity index (χ4n) is 2.11. The minimum Gasteiger partial charge on any atom is -0.491 e. The largest absolute Gasteiger partial charge is 0.491 e. The highest BCUT2D eigenvalue weighted by atomic mass is 16.5. The van der Waals surface area contributed by atoms with Crippen molar-refractivity contribution in [3.8, 4) is 5.75 Å². The summed E-state index contributed by atoms with van der Waals surface area (Å²) >= 11 is 0. The van der Waals surface area contributed by atoms with Gasteiger partial charge in [0, 0.05) is 11.6 Å². The van der Waals surface area contributed by atoms with E-state index in [1.165, 1.54) is 0 Å². The first-order chi connectivity index (χ1) is 9.74. The molecular weight excluding hydrogens is 264 g/mol. The van der Waals surface area contributed by atoms with Crippen molar-refractivity contribution < 1.29 is 9.53 Å². The van der Waals surface area contributed by atoms with E-state index in [1.54, 1.807) is 12.1 Å². The van der Waals surface area contributed by atoms with Gasteiger partial charge in [-0.25, -0.2) is 0 Å². The van der Waals surface area contributed by atoms with Crippen LogP contribution in [0.5, 0.6) is 5.75 Å². The summed E-state index contributed by atoms with van der Waals surface area (Å²) in [5, 5.41) is 3.08. The van der Waals surface area contributed by atoms with Gasteiger partial charge in [0.1, 0.15) is 5.75 Å². The molecule has 21 heavy (non-hydrogen) atoms. The van der Waals surface area contributed by atoms with E-state index in [9.17, 15) is 4.79 Å². The van der Waals surface area contributed by atoms with Crippen molar-refractivity contribution >= 4 is 5.91 Å². The second-order valence-corrected chi connectivity index (χ2v) is 6.66. The summed E-state index contributed by atoms with van der Waals surface area (Å²) in [5.74, 6) is 0.626. The molecule has 118 valence electrons. The van der Waals surface area contributed by atoms with Crippen molar-refractivity contribution in [2.24, 2.45) is 11.1 Å². The van der Waals surface area contributed by atoms with Gasteiger partial charge in [0.25, 0.3) is 5.91 Å². The Kier molecular flexibility index (Phi) is 6.21. The number of carbonyl (C=O) groups is 1. The zero-order chi connectivity index (χ0) is 16.0. The molecule has 0 aliphatic carbocycles.